The normalized spacial score (nSPS) is 10.5. The first-order valence-corrected chi connectivity index (χ1v) is 8.88. The number of hydrogen-bond donors (Lipinski definition) is 1. The summed E-state index contributed by atoms with van der Waals surface area (Å²) < 4.78 is 18.9. The molecule has 0 aliphatic carbocycles. The van der Waals surface area contributed by atoms with Crippen molar-refractivity contribution in [2.75, 3.05) is 11.9 Å². The Morgan fingerprint density at radius 3 is 2.79 bits per heavy atom. The second-order valence-electron chi connectivity index (χ2n) is 5.58. The number of thiophene rings is 1. The van der Waals surface area contributed by atoms with Crippen LogP contribution in [0.1, 0.15) is 17.3 Å². The number of halogens is 1. The molecule has 0 saturated heterocycles. The molecule has 3 rings (SSSR count). The quantitative estimate of drug-likeness (QED) is 0.473. The van der Waals surface area contributed by atoms with Crippen molar-refractivity contribution >= 4 is 34.7 Å². The molecule has 0 bridgehead atoms. The van der Waals surface area contributed by atoms with E-state index in [1.54, 1.807) is 0 Å². The number of carbonyl (C=O) groups excluding carboxylic acids is 3. The summed E-state index contributed by atoms with van der Waals surface area (Å²) in [5.74, 6) is -2.30. The molecule has 0 aliphatic heterocycles. The number of carbonyl (C=O) groups is 3. The monoisotopic (exact) mass is 403 g/mol. The van der Waals surface area contributed by atoms with Crippen LogP contribution in [0.25, 0.3) is 10.7 Å². The van der Waals surface area contributed by atoms with E-state index < -0.39 is 24.2 Å². The minimum atomic E-state index is -0.828. The summed E-state index contributed by atoms with van der Waals surface area (Å²) in [4.78, 5) is 36.7. The van der Waals surface area contributed by atoms with E-state index in [1.165, 1.54) is 30.4 Å². The molecule has 0 fully saturated rings. The third-order valence-corrected chi connectivity index (χ3v) is 4.28. The average molecular weight is 403 g/mol. The largest absolute Gasteiger partial charge is 0.456 e. The molecule has 9 nitrogen and oxygen atoms in total. The highest BCUT2D eigenvalue weighted by atomic mass is 32.1. The van der Waals surface area contributed by atoms with Gasteiger partial charge in [-0.05, 0) is 34.9 Å². The second-order valence-corrected chi connectivity index (χ2v) is 6.53. The lowest BCUT2D eigenvalue weighted by molar-refractivity contribution is -0.143. The van der Waals surface area contributed by atoms with E-state index in [-0.39, 0.29) is 23.7 Å². The number of ketones is 1. The maximum atomic E-state index is 14.0. The van der Waals surface area contributed by atoms with Crippen molar-refractivity contribution < 1.29 is 23.5 Å². The summed E-state index contributed by atoms with van der Waals surface area (Å²) in [5, 5.41) is 15.9. The lowest BCUT2D eigenvalue weighted by Gasteiger charge is -2.07. The van der Waals surface area contributed by atoms with Gasteiger partial charge >= 0.3 is 5.97 Å². The lowest BCUT2D eigenvalue weighted by Crippen LogP contribution is -2.20. The van der Waals surface area contributed by atoms with Crippen LogP contribution in [0.3, 0.4) is 0 Å². The van der Waals surface area contributed by atoms with Crippen LogP contribution < -0.4 is 5.32 Å². The highest BCUT2D eigenvalue weighted by Gasteiger charge is 2.16. The van der Waals surface area contributed by atoms with E-state index >= 15 is 0 Å². The van der Waals surface area contributed by atoms with Crippen molar-refractivity contribution in [2.24, 2.45) is 0 Å². The first kappa shape index (κ1) is 19.3. The number of rotatable bonds is 7. The Morgan fingerprint density at radius 2 is 2.11 bits per heavy atom. The van der Waals surface area contributed by atoms with Gasteiger partial charge in [0.05, 0.1) is 10.4 Å². The Hall–Kier alpha value is -3.47. The number of benzene rings is 1. The number of Topliss-reactive ketones (excluding diaryl/α,β-unsaturated/α-hetero) is 1. The van der Waals surface area contributed by atoms with E-state index in [2.05, 4.69) is 20.7 Å². The third-order valence-electron chi connectivity index (χ3n) is 3.42. The standard InChI is InChI=1S/C17H14FN5O4S/c1-10(24)19-11-4-5-12(13(18)7-11)14(25)9-27-16(26)8-23-21-17(20-22-23)15-3-2-6-28-15/h2-7H,8-9H2,1H3,(H,19,24). The van der Waals surface area contributed by atoms with Gasteiger partial charge in [0.1, 0.15) is 5.82 Å². The van der Waals surface area contributed by atoms with Crippen molar-refractivity contribution in [2.45, 2.75) is 13.5 Å². The number of nitrogens with one attached hydrogen (secondary N) is 1. The molecule has 1 N–H and O–H groups in total. The number of aromatic nitrogens is 4. The Bertz CT molecular complexity index is 1020. The topological polar surface area (TPSA) is 116 Å². The average Bonchev–Trinajstić information content (AvgIpc) is 3.30. The minimum Gasteiger partial charge on any atom is -0.456 e. The minimum absolute atomic E-state index is 0.220. The van der Waals surface area contributed by atoms with Gasteiger partial charge < -0.3 is 10.1 Å². The predicted octanol–water partition coefficient (Wildman–Crippen LogP) is 1.93. The number of nitrogens with zero attached hydrogens (tertiary/aromatic N) is 4. The fraction of sp³-hybridized carbons (Fsp3) is 0.176. The van der Waals surface area contributed by atoms with Crippen LogP contribution in [0.2, 0.25) is 0 Å². The molecule has 144 valence electrons. The number of amides is 1. The van der Waals surface area contributed by atoms with Crippen LogP contribution >= 0.6 is 11.3 Å². The fourth-order valence-electron chi connectivity index (χ4n) is 2.22. The first-order valence-electron chi connectivity index (χ1n) is 8.00. The molecule has 3 aromatic rings. The molecule has 0 radical (unpaired) electrons. The van der Waals surface area contributed by atoms with Crippen molar-refractivity contribution in [3.63, 3.8) is 0 Å². The van der Waals surface area contributed by atoms with Gasteiger partial charge in [0, 0.05) is 12.6 Å². The molecule has 11 heteroatoms. The van der Waals surface area contributed by atoms with Crippen molar-refractivity contribution in [1.82, 2.24) is 20.2 Å². The molecule has 0 saturated carbocycles. The van der Waals surface area contributed by atoms with Gasteiger partial charge in [-0.3, -0.25) is 9.59 Å². The maximum absolute atomic E-state index is 14.0. The number of ether oxygens (including phenoxy) is 1. The van der Waals surface area contributed by atoms with Crippen LogP contribution in [0.15, 0.2) is 35.7 Å². The summed E-state index contributed by atoms with van der Waals surface area (Å²) in [6, 6.07) is 7.26. The van der Waals surface area contributed by atoms with Crippen molar-refractivity contribution in [3.8, 4) is 10.7 Å². The second kappa shape index (κ2) is 8.48. The molecule has 28 heavy (non-hydrogen) atoms. The number of hydrogen-bond acceptors (Lipinski definition) is 8. The molecule has 0 atom stereocenters. The Kier molecular flexibility index (Phi) is 5.84. The van der Waals surface area contributed by atoms with Crippen molar-refractivity contribution in [1.29, 1.82) is 0 Å². The van der Waals surface area contributed by atoms with E-state index in [9.17, 15) is 18.8 Å². The molecule has 0 spiro atoms. The van der Waals surface area contributed by atoms with Gasteiger partial charge in [-0.1, -0.05) is 6.07 Å². The van der Waals surface area contributed by atoms with Crippen LogP contribution in [-0.2, 0) is 20.9 Å². The lowest BCUT2D eigenvalue weighted by atomic mass is 10.1. The van der Waals surface area contributed by atoms with Gasteiger partial charge in [-0.15, -0.1) is 21.5 Å². The van der Waals surface area contributed by atoms with E-state index in [4.69, 9.17) is 4.74 Å². The smallest absolute Gasteiger partial charge is 0.330 e. The number of tetrazole rings is 1. The highest BCUT2D eigenvalue weighted by molar-refractivity contribution is 7.13. The van der Waals surface area contributed by atoms with Gasteiger partial charge in [-0.2, -0.15) is 4.80 Å². The zero-order valence-electron chi connectivity index (χ0n) is 14.6. The molecule has 2 heterocycles. The first-order chi connectivity index (χ1) is 13.4. The Labute approximate surface area is 162 Å². The maximum Gasteiger partial charge on any atom is 0.330 e. The van der Waals surface area contributed by atoms with E-state index in [1.807, 2.05) is 17.5 Å². The molecule has 1 aromatic carbocycles. The molecule has 0 aliphatic rings. The summed E-state index contributed by atoms with van der Waals surface area (Å²) >= 11 is 1.43. The molecule has 1 amide bonds. The predicted molar refractivity (Wildman–Crippen MR) is 97.1 cm³/mol. The zero-order chi connectivity index (χ0) is 20.1. The van der Waals surface area contributed by atoms with Crippen LogP contribution in [0, 0.1) is 5.82 Å². The summed E-state index contributed by atoms with van der Waals surface area (Å²) in [6.45, 7) is 0.307. The van der Waals surface area contributed by atoms with Gasteiger partial charge in [0.2, 0.25) is 17.5 Å². The summed E-state index contributed by atoms with van der Waals surface area (Å²) in [7, 11) is 0. The molecule has 2 aromatic heterocycles. The molecular weight excluding hydrogens is 389 g/mol. The van der Waals surface area contributed by atoms with Gasteiger partial charge in [0.15, 0.2) is 13.2 Å². The van der Waals surface area contributed by atoms with Crippen LogP contribution in [-0.4, -0.2) is 44.5 Å². The molecule has 0 unspecified atom stereocenters. The third kappa shape index (κ3) is 4.82. The highest BCUT2D eigenvalue weighted by Crippen LogP contribution is 2.19. The number of esters is 1. The SMILES string of the molecule is CC(=O)Nc1ccc(C(=O)COC(=O)Cn2nnc(-c3cccs3)n2)c(F)c1. The summed E-state index contributed by atoms with van der Waals surface area (Å²) in [5.41, 5.74) is -0.0295. The summed E-state index contributed by atoms with van der Waals surface area (Å²) in [6.07, 6.45) is 0. The zero-order valence-corrected chi connectivity index (χ0v) is 15.4. The Balaban J connectivity index is 1.54. The van der Waals surface area contributed by atoms with E-state index in [0.717, 1.165) is 15.7 Å². The van der Waals surface area contributed by atoms with Crippen LogP contribution in [0.5, 0.6) is 0 Å². The van der Waals surface area contributed by atoms with Crippen LogP contribution in [0.4, 0.5) is 10.1 Å². The van der Waals surface area contributed by atoms with Gasteiger partial charge in [0.25, 0.3) is 0 Å². The fourth-order valence-corrected chi connectivity index (χ4v) is 2.87. The molecular formula is C17H14FN5O4S. The Morgan fingerprint density at radius 1 is 1.29 bits per heavy atom. The van der Waals surface area contributed by atoms with E-state index in [0.29, 0.717) is 5.82 Å². The number of anilines is 1. The van der Waals surface area contributed by atoms with Crippen molar-refractivity contribution in [3.05, 3.63) is 47.1 Å². The van der Waals surface area contributed by atoms with Gasteiger partial charge in [-0.25, -0.2) is 9.18 Å².